The fraction of sp³-hybridized carbons (Fsp3) is 0.636. The van der Waals surface area contributed by atoms with E-state index in [-0.39, 0.29) is 5.41 Å². The molecule has 0 spiro atoms. The fourth-order valence-electron chi connectivity index (χ4n) is 2.64. The van der Waals surface area contributed by atoms with Gasteiger partial charge in [0, 0.05) is 11.5 Å². The van der Waals surface area contributed by atoms with Crippen molar-refractivity contribution in [2.45, 2.75) is 37.1 Å². The quantitative estimate of drug-likeness (QED) is 0.814. The molecule has 1 saturated carbocycles. The van der Waals surface area contributed by atoms with Gasteiger partial charge in [0.15, 0.2) is 5.22 Å². The third-order valence-electron chi connectivity index (χ3n) is 3.58. The van der Waals surface area contributed by atoms with Gasteiger partial charge in [-0.05, 0) is 56.0 Å². The molecule has 2 aliphatic rings. The van der Waals surface area contributed by atoms with Gasteiger partial charge in [0.05, 0.1) is 0 Å². The molecule has 2 heterocycles. The van der Waals surface area contributed by atoms with Crippen LogP contribution in [-0.4, -0.2) is 12.6 Å². The molecule has 76 valence electrons. The Hall–Kier alpha value is -0.470. The molecule has 2 nitrogen and oxygen atoms in total. The lowest BCUT2D eigenvalue weighted by atomic mass is 9.92. The molecule has 0 bridgehead atoms. The van der Waals surface area contributed by atoms with Gasteiger partial charge in [0.1, 0.15) is 5.76 Å². The van der Waals surface area contributed by atoms with Crippen LogP contribution in [0.15, 0.2) is 16.5 Å². The highest BCUT2D eigenvalue weighted by Crippen LogP contribution is 2.53. The zero-order valence-electron chi connectivity index (χ0n) is 8.05. The first-order valence-electron chi connectivity index (χ1n) is 5.30. The smallest absolute Gasteiger partial charge is 0.193 e. The van der Waals surface area contributed by atoms with E-state index in [2.05, 4.69) is 5.32 Å². The summed E-state index contributed by atoms with van der Waals surface area (Å²) in [7, 11) is 0. The predicted molar refractivity (Wildman–Crippen MR) is 55.7 cm³/mol. The molecule has 1 saturated heterocycles. The maximum absolute atomic E-state index is 5.81. The highest BCUT2D eigenvalue weighted by Gasteiger charge is 2.53. The van der Waals surface area contributed by atoms with Crippen LogP contribution < -0.4 is 5.32 Å². The average Bonchev–Trinajstić information content (AvgIpc) is 2.68. The van der Waals surface area contributed by atoms with Crippen molar-refractivity contribution in [1.29, 1.82) is 0 Å². The number of furan rings is 1. The normalized spacial score (nSPS) is 29.4. The average molecular weight is 212 g/mol. The summed E-state index contributed by atoms with van der Waals surface area (Å²) in [5.41, 5.74) is 0.281. The number of hydrogen-bond donors (Lipinski definition) is 1. The minimum Gasteiger partial charge on any atom is -0.449 e. The van der Waals surface area contributed by atoms with Crippen LogP contribution in [0.25, 0.3) is 0 Å². The van der Waals surface area contributed by atoms with Crippen LogP contribution in [0.5, 0.6) is 0 Å². The predicted octanol–water partition coefficient (Wildman–Crippen LogP) is 2.72. The van der Waals surface area contributed by atoms with E-state index in [1.54, 1.807) is 0 Å². The van der Waals surface area contributed by atoms with Gasteiger partial charge in [-0.25, -0.2) is 0 Å². The monoisotopic (exact) mass is 211 g/mol. The van der Waals surface area contributed by atoms with Crippen molar-refractivity contribution in [2.24, 2.45) is 0 Å². The molecule has 0 radical (unpaired) electrons. The van der Waals surface area contributed by atoms with Gasteiger partial charge in [-0.1, -0.05) is 0 Å². The van der Waals surface area contributed by atoms with Crippen molar-refractivity contribution in [1.82, 2.24) is 5.32 Å². The van der Waals surface area contributed by atoms with E-state index in [4.69, 9.17) is 16.0 Å². The van der Waals surface area contributed by atoms with Crippen molar-refractivity contribution in [3.05, 3.63) is 23.1 Å². The van der Waals surface area contributed by atoms with Crippen molar-refractivity contribution in [2.75, 3.05) is 6.54 Å². The Balaban J connectivity index is 1.89. The summed E-state index contributed by atoms with van der Waals surface area (Å²) >= 11 is 5.81. The lowest BCUT2D eigenvalue weighted by Crippen LogP contribution is -2.34. The van der Waals surface area contributed by atoms with Crippen LogP contribution in [0.2, 0.25) is 5.22 Å². The van der Waals surface area contributed by atoms with Gasteiger partial charge in [0.2, 0.25) is 0 Å². The zero-order chi connectivity index (χ0) is 9.60. The van der Waals surface area contributed by atoms with Crippen molar-refractivity contribution < 1.29 is 4.42 Å². The Bertz CT molecular complexity index is 337. The second kappa shape index (κ2) is 3.01. The van der Waals surface area contributed by atoms with Gasteiger partial charge in [0.25, 0.3) is 0 Å². The SMILES string of the molecule is Clc1ccc(C2(C3CCCN3)CC2)o1. The minimum absolute atomic E-state index is 0.281. The van der Waals surface area contributed by atoms with Gasteiger partial charge in [-0.2, -0.15) is 0 Å². The Morgan fingerprint density at radius 3 is 2.79 bits per heavy atom. The van der Waals surface area contributed by atoms with Gasteiger partial charge in [-0.15, -0.1) is 0 Å². The zero-order valence-corrected chi connectivity index (χ0v) is 8.81. The Morgan fingerprint density at radius 2 is 2.29 bits per heavy atom. The Morgan fingerprint density at radius 1 is 1.43 bits per heavy atom. The Kier molecular flexibility index (Phi) is 1.89. The van der Waals surface area contributed by atoms with E-state index in [0.717, 1.165) is 12.3 Å². The number of halogens is 1. The van der Waals surface area contributed by atoms with E-state index in [1.165, 1.54) is 25.7 Å². The molecule has 1 aromatic rings. The molecule has 1 aliphatic carbocycles. The van der Waals surface area contributed by atoms with Gasteiger partial charge >= 0.3 is 0 Å². The maximum Gasteiger partial charge on any atom is 0.193 e. The van der Waals surface area contributed by atoms with Crippen LogP contribution in [0.1, 0.15) is 31.4 Å². The number of hydrogen-bond acceptors (Lipinski definition) is 2. The Labute approximate surface area is 88.6 Å². The summed E-state index contributed by atoms with van der Waals surface area (Å²) in [6.07, 6.45) is 5.06. The fourth-order valence-corrected chi connectivity index (χ4v) is 2.79. The third kappa shape index (κ3) is 1.21. The van der Waals surface area contributed by atoms with Gasteiger partial charge < -0.3 is 9.73 Å². The minimum atomic E-state index is 0.281. The van der Waals surface area contributed by atoms with Crippen LogP contribution in [0.4, 0.5) is 0 Å². The van der Waals surface area contributed by atoms with Crippen LogP contribution in [0.3, 0.4) is 0 Å². The first-order valence-corrected chi connectivity index (χ1v) is 5.68. The molecular formula is C11H14ClNO. The topological polar surface area (TPSA) is 25.2 Å². The molecule has 1 N–H and O–H groups in total. The summed E-state index contributed by atoms with van der Waals surface area (Å²) in [6.45, 7) is 1.15. The highest BCUT2D eigenvalue weighted by atomic mass is 35.5. The van der Waals surface area contributed by atoms with Crippen molar-refractivity contribution in [3.8, 4) is 0 Å². The molecule has 0 aromatic carbocycles. The lowest BCUT2D eigenvalue weighted by molar-refractivity contribution is 0.381. The highest BCUT2D eigenvalue weighted by molar-refractivity contribution is 6.28. The second-order valence-electron chi connectivity index (χ2n) is 4.41. The molecule has 3 heteroatoms. The molecule has 1 aliphatic heterocycles. The summed E-state index contributed by atoms with van der Waals surface area (Å²) in [4.78, 5) is 0. The number of nitrogens with one attached hydrogen (secondary N) is 1. The van der Waals surface area contributed by atoms with Gasteiger partial charge in [-0.3, -0.25) is 0 Å². The first-order chi connectivity index (χ1) is 6.81. The second-order valence-corrected chi connectivity index (χ2v) is 4.78. The van der Waals surface area contributed by atoms with E-state index < -0.39 is 0 Å². The van der Waals surface area contributed by atoms with Crippen LogP contribution in [-0.2, 0) is 5.41 Å². The molecule has 0 amide bonds. The van der Waals surface area contributed by atoms with E-state index in [0.29, 0.717) is 11.3 Å². The molecule has 14 heavy (non-hydrogen) atoms. The molecule has 2 fully saturated rings. The van der Waals surface area contributed by atoms with Crippen molar-refractivity contribution in [3.63, 3.8) is 0 Å². The summed E-state index contributed by atoms with van der Waals surface area (Å²) < 4.78 is 5.55. The van der Waals surface area contributed by atoms with Crippen LogP contribution >= 0.6 is 11.6 Å². The van der Waals surface area contributed by atoms with E-state index in [1.807, 2.05) is 12.1 Å². The summed E-state index contributed by atoms with van der Waals surface area (Å²) in [5.74, 6) is 1.09. The maximum atomic E-state index is 5.81. The first kappa shape index (κ1) is 8.81. The molecule has 3 rings (SSSR count). The summed E-state index contributed by atoms with van der Waals surface area (Å²) in [6, 6.07) is 4.51. The van der Waals surface area contributed by atoms with E-state index >= 15 is 0 Å². The summed E-state index contributed by atoms with van der Waals surface area (Å²) in [5, 5.41) is 4.08. The molecule has 1 atom stereocenters. The van der Waals surface area contributed by atoms with E-state index in [9.17, 15) is 0 Å². The third-order valence-corrected chi connectivity index (χ3v) is 3.78. The van der Waals surface area contributed by atoms with Crippen LogP contribution in [0, 0.1) is 0 Å². The molecule has 1 unspecified atom stereocenters. The van der Waals surface area contributed by atoms with Crippen molar-refractivity contribution >= 4 is 11.6 Å². The lowest BCUT2D eigenvalue weighted by Gasteiger charge is -2.20. The standard InChI is InChI=1S/C11H14ClNO/c12-10-4-3-9(14-10)11(5-6-11)8-2-1-7-13-8/h3-4,8,13H,1-2,5-7H2. The largest absolute Gasteiger partial charge is 0.449 e. The molecule has 1 aromatic heterocycles. The number of rotatable bonds is 2. The molecular weight excluding hydrogens is 198 g/mol.